The van der Waals surface area contributed by atoms with Gasteiger partial charge in [-0.2, -0.15) is 0 Å². The van der Waals surface area contributed by atoms with E-state index in [4.69, 9.17) is 4.99 Å². The maximum absolute atomic E-state index is 5.13. The quantitative estimate of drug-likeness (QED) is 0.501. The van der Waals surface area contributed by atoms with Crippen LogP contribution in [0.1, 0.15) is 78.1 Å². The summed E-state index contributed by atoms with van der Waals surface area (Å²) < 4.78 is 0. The minimum absolute atomic E-state index is 0.382. The largest absolute Gasteiger partial charge is 0.284 e. The van der Waals surface area contributed by atoms with E-state index in [2.05, 4.69) is 32.6 Å². The van der Waals surface area contributed by atoms with E-state index in [1.165, 1.54) is 81.1 Å². The van der Waals surface area contributed by atoms with Gasteiger partial charge in [-0.1, -0.05) is 50.5 Å². The van der Waals surface area contributed by atoms with Crippen molar-refractivity contribution in [1.82, 2.24) is 0 Å². The van der Waals surface area contributed by atoms with Crippen molar-refractivity contribution in [3.63, 3.8) is 0 Å². The molecule has 0 aromatic heterocycles. The molecule has 1 heteroatoms. The van der Waals surface area contributed by atoms with E-state index in [-0.39, 0.29) is 0 Å². The van der Waals surface area contributed by atoms with E-state index in [0.717, 1.165) is 18.4 Å². The molecule has 0 bridgehead atoms. The van der Waals surface area contributed by atoms with Crippen molar-refractivity contribution in [2.45, 2.75) is 78.1 Å². The average molecular weight is 326 g/mol. The molecule has 1 atom stereocenters. The van der Waals surface area contributed by atoms with Gasteiger partial charge in [-0.3, -0.25) is 4.99 Å². The van der Waals surface area contributed by atoms with E-state index in [1.54, 1.807) is 0 Å². The molecule has 1 nitrogen and oxygen atoms in total. The molecule has 0 spiro atoms. The van der Waals surface area contributed by atoms with Crippen LogP contribution in [0, 0.1) is 17.3 Å². The Hall–Kier alpha value is -1.11. The van der Waals surface area contributed by atoms with Gasteiger partial charge in [0, 0.05) is 6.54 Å². The predicted octanol–water partition coefficient (Wildman–Crippen LogP) is 6.67. The third kappa shape index (κ3) is 4.29. The molecule has 2 saturated carbocycles. The summed E-state index contributed by atoms with van der Waals surface area (Å²) >= 11 is 0. The summed E-state index contributed by atoms with van der Waals surface area (Å²) in [6, 6.07) is 0. The Balaban J connectivity index is 1.79. The van der Waals surface area contributed by atoms with Gasteiger partial charge in [-0.25, -0.2) is 0 Å². The van der Waals surface area contributed by atoms with Crippen molar-refractivity contribution < 1.29 is 0 Å². The van der Waals surface area contributed by atoms with E-state index in [9.17, 15) is 0 Å². The van der Waals surface area contributed by atoms with E-state index in [1.807, 2.05) is 6.08 Å². The fraction of sp³-hybridized carbons (Fsp3) is 0.696. The van der Waals surface area contributed by atoms with Crippen LogP contribution in [0.25, 0.3) is 0 Å². The van der Waals surface area contributed by atoms with Crippen molar-refractivity contribution in [2.24, 2.45) is 22.2 Å². The number of allylic oxidation sites excluding steroid dienone is 5. The highest BCUT2D eigenvalue weighted by atomic mass is 14.8. The second kappa shape index (κ2) is 7.85. The maximum atomic E-state index is 5.13. The zero-order valence-electron chi connectivity index (χ0n) is 15.8. The molecule has 1 unspecified atom stereocenters. The van der Waals surface area contributed by atoms with Gasteiger partial charge in [-0.05, 0) is 80.8 Å². The SMILES string of the molecule is C=C/C(C1=NCC(C)(C2CCCCC2)CCC=C1)=C(\C)CC1CC1. The summed E-state index contributed by atoms with van der Waals surface area (Å²) in [6.45, 7) is 9.86. The van der Waals surface area contributed by atoms with Crippen molar-refractivity contribution in [1.29, 1.82) is 0 Å². The van der Waals surface area contributed by atoms with Crippen LogP contribution in [0.15, 0.2) is 40.9 Å². The smallest absolute Gasteiger partial charge is 0.0642 e. The van der Waals surface area contributed by atoms with E-state index >= 15 is 0 Å². The highest BCUT2D eigenvalue weighted by molar-refractivity contribution is 6.10. The average Bonchev–Trinajstić information content (AvgIpc) is 3.39. The van der Waals surface area contributed by atoms with E-state index < -0.39 is 0 Å². The van der Waals surface area contributed by atoms with Gasteiger partial charge in [0.25, 0.3) is 0 Å². The Morgan fingerprint density at radius 3 is 2.67 bits per heavy atom. The number of nitrogens with zero attached hydrogens (tertiary/aromatic N) is 1. The number of hydrogen-bond donors (Lipinski definition) is 0. The molecule has 0 aromatic carbocycles. The predicted molar refractivity (Wildman–Crippen MR) is 106 cm³/mol. The minimum atomic E-state index is 0.382. The molecular formula is C23H35N. The Kier molecular flexibility index (Phi) is 5.79. The fourth-order valence-electron chi connectivity index (χ4n) is 4.68. The monoisotopic (exact) mass is 325 g/mol. The Bertz CT molecular complexity index is 540. The topological polar surface area (TPSA) is 12.4 Å². The zero-order valence-corrected chi connectivity index (χ0v) is 15.8. The summed E-state index contributed by atoms with van der Waals surface area (Å²) in [5.41, 5.74) is 4.35. The van der Waals surface area contributed by atoms with Gasteiger partial charge in [0.2, 0.25) is 0 Å². The standard InChI is InChI=1S/C23H35N/c1-4-21(18(2)16-19-13-14-19)22-12-8-9-15-23(3,17-24-22)20-10-6-5-7-11-20/h4,8,12,19-20H,1,5-7,9-11,13-17H2,2-3H3/b12-8?,21-18-,24-22?. The lowest BCUT2D eigenvalue weighted by molar-refractivity contribution is 0.135. The van der Waals surface area contributed by atoms with Gasteiger partial charge in [0.15, 0.2) is 0 Å². The molecule has 0 saturated heterocycles. The summed E-state index contributed by atoms with van der Waals surface area (Å²) in [4.78, 5) is 5.13. The van der Waals surface area contributed by atoms with Crippen molar-refractivity contribution in [3.05, 3.63) is 36.0 Å². The van der Waals surface area contributed by atoms with Gasteiger partial charge >= 0.3 is 0 Å². The Labute approximate surface area is 149 Å². The van der Waals surface area contributed by atoms with Crippen LogP contribution < -0.4 is 0 Å². The van der Waals surface area contributed by atoms with Crippen LogP contribution in [-0.4, -0.2) is 12.3 Å². The molecule has 3 rings (SSSR count). The number of rotatable bonds is 5. The first kappa shape index (κ1) is 17.7. The molecule has 1 aliphatic heterocycles. The number of aliphatic imine (C=N–C) groups is 1. The van der Waals surface area contributed by atoms with Crippen LogP contribution in [0.5, 0.6) is 0 Å². The second-order valence-electron chi connectivity index (χ2n) is 8.68. The van der Waals surface area contributed by atoms with Crippen molar-refractivity contribution in [3.8, 4) is 0 Å². The van der Waals surface area contributed by atoms with Gasteiger partial charge < -0.3 is 0 Å². The molecule has 2 aliphatic carbocycles. The summed E-state index contributed by atoms with van der Waals surface area (Å²) in [5.74, 6) is 1.79. The molecule has 0 radical (unpaired) electrons. The third-order valence-corrected chi connectivity index (χ3v) is 6.59. The van der Waals surface area contributed by atoms with Crippen LogP contribution in [0.3, 0.4) is 0 Å². The van der Waals surface area contributed by atoms with Crippen LogP contribution in [0.4, 0.5) is 0 Å². The van der Waals surface area contributed by atoms with Gasteiger partial charge in [0.05, 0.1) is 5.71 Å². The molecule has 0 aromatic rings. The van der Waals surface area contributed by atoms with Crippen LogP contribution >= 0.6 is 0 Å². The first-order valence-electron chi connectivity index (χ1n) is 10.2. The molecule has 0 N–H and O–H groups in total. The highest BCUT2D eigenvalue weighted by Gasteiger charge is 2.34. The Morgan fingerprint density at radius 2 is 2.00 bits per heavy atom. The molecule has 3 aliphatic rings. The van der Waals surface area contributed by atoms with Crippen LogP contribution in [0.2, 0.25) is 0 Å². The lowest BCUT2D eigenvalue weighted by Gasteiger charge is -2.39. The summed E-state index contributed by atoms with van der Waals surface area (Å²) in [6.07, 6.45) is 20.3. The zero-order chi connectivity index (χ0) is 17.0. The first-order valence-corrected chi connectivity index (χ1v) is 10.2. The molecule has 132 valence electrons. The lowest BCUT2D eigenvalue weighted by Crippen LogP contribution is -2.33. The molecule has 0 amide bonds. The Morgan fingerprint density at radius 1 is 1.25 bits per heavy atom. The van der Waals surface area contributed by atoms with Gasteiger partial charge in [-0.15, -0.1) is 0 Å². The normalized spacial score (nSPS) is 30.2. The summed E-state index contributed by atoms with van der Waals surface area (Å²) in [5, 5.41) is 0. The third-order valence-electron chi connectivity index (χ3n) is 6.59. The highest BCUT2D eigenvalue weighted by Crippen LogP contribution is 2.43. The minimum Gasteiger partial charge on any atom is -0.284 e. The van der Waals surface area contributed by atoms with Gasteiger partial charge in [0.1, 0.15) is 0 Å². The molecule has 1 heterocycles. The second-order valence-corrected chi connectivity index (χ2v) is 8.68. The lowest BCUT2D eigenvalue weighted by atomic mass is 9.67. The van der Waals surface area contributed by atoms with Crippen LogP contribution in [-0.2, 0) is 0 Å². The number of hydrogen-bond acceptors (Lipinski definition) is 1. The van der Waals surface area contributed by atoms with Crippen molar-refractivity contribution >= 4 is 5.71 Å². The van der Waals surface area contributed by atoms with Crippen molar-refractivity contribution in [2.75, 3.05) is 6.54 Å². The summed E-state index contributed by atoms with van der Waals surface area (Å²) in [7, 11) is 0. The molecule has 24 heavy (non-hydrogen) atoms. The molecule has 2 fully saturated rings. The molecular weight excluding hydrogens is 290 g/mol. The fourth-order valence-corrected chi connectivity index (χ4v) is 4.68. The van der Waals surface area contributed by atoms with E-state index in [0.29, 0.717) is 5.41 Å². The first-order chi connectivity index (χ1) is 11.6. The maximum Gasteiger partial charge on any atom is 0.0642 e.